The van der Waals surface area contributed by atoms with Crippen molar-refractivity contribution in [2.24, 2.45) is 0 Å². The highest BCUT2D eigenvalue weighted by atomic mass is 79.9. The molecule has 4 aromatic rings. The first-order valence-electron chi connectivity index (χ1n) is 6.38. The van der Waals surface area contributed by atoms with Crippen molar-refractivity contribution < 1.29 is 0 Å². The maximum absolute atomic E-state index is 4.41. The number of nitrogens with zero attached hydrogens (tertiary/aromatic N) is 7. The highest BCUT2D eigenvalue weighted by molar-refractivity contribution is 9.10. The Kier molecular flexibility index (Phi) is 3.83. The Morgan fingerprint density at radius 2 is 2.09 bits per heavy atom. The van der Waals surface area contributed by atoms with Crippen molar-refractivity contribution >= 4 is 46.4 Å². The fourth-order valence-electron chi connectivity index (χ4n) is 2.30. The van der Waals surface area contributed by atoms with Crippen molar-refractivity contribution in [3.05, 3.63) is 47.1 Å². The number of imidazole rings is 1. The lowest BCUT2D eigenvalue weighted by atomic mass is 10.1. The number of pyridine rings is 1. The topological polar surface area (TPSA) is 73.8 Å². The molecule has 0 fully saturated rings. The normalized spacial score (nSPS) is 12.5. The third-order valence-corrected chi connectivity index (χ3v) is 3.80. The third-order valence-electron chi connectivity index (χ3n) is 3.42. The molecule has 0 aliphatic heterocycles. The van der Waals surface area contributed by atoms with Gasteiger partial charge < -0.3 is 4.40 Å². The van der Waals surface area contributed by atoms with Gasteiger partial charge in [0.25, 0.3) is 0 Å². The minimum Gasteiger partial charge on any atom is -0.307 e. The van der Waals surface area contributed by atoms with Gasteiger partial charge in [0, 0.05) is 18.6 Å². The summed E-state index contributed by atoms with van der Waals surface area (Å²) >= 11 is 3.33. The van der Waals surface area contributed by atoms with Gasteiger partial charge in [0.05, 0.1) is 12.2 Å². The summed E-state index contributed by atoms with van der Waals surface area (Å²) in [7, 11) is 0. The van der Waals surface area contributed by atoms with E-state index in [9.17, 15) is 0 Å². The van der Waals surface area contributed by atoms with Gasteiger partial charge in [-0.1, -0.05) is 11.3 Å². The third kappa shape index (κ3) is 2.35. The van der Waals surface area contributed by atoms with Crippen molar-refractivity contribution in [2.45, 2.75) is 13.0 Å². The number of hydrogen-bond acceptors (Lipinski definition) is 5. The Bertz CT molecular complexity index is 948. The maximum Gasteiger partial charge on any atom is 0.221 e. The summed E-state index contributed by atoms with van der Waals surface area (Å²) in [5.41, 5.74) is 3.20. The van der Waals surface area contributed by atoms with Crippen LogP contribution in [0.5, 0.6) is 0 Å². The molecule has 1 atom stereocenters. The Morgan fingerprint density at radius 1 is 1.23 bits per heavy atom. The average molecular weight is 378 g/mol. The highest BCUT2D eigenvalue weighted by Gasteiger charge is 2.16. The Hall–Kier alpha value is -2.00. The summed E-state index contributed by atoms with van der Waals surface area (Å²) in [6.07, 6.45) is 7.34. The van der Waals surface area contributed by atoms with Crippen LogP contribution in [0.4, 0.5) is 0 Å². The number of aromatic nitrogens is 7. The van der Waals surface area contributed by atoms with E-state index in [2.05, 4.69) is 48.1 Å². The van der Waals surface area contributed by atoms with Gasteiger partial charge in [0.15, 0.2) is 5.65 Å². The Morgan fingerprint density at radius 3 is 2.95 bits per heavy atom. The molecule has 7 nitrogen and oxygen atoms in total. The van der Waals surface area contributed by atoms with Gasteiger partial charge >= 0.3 is 0 Å². The molecule has 0 saturated heterocycles. The van der Waals surface area contributed by atoms with E-state index in [1.54, 1.807) is 17.1 Å². The van der Waals surface area contributed by atoms with Gasteiger partial charge in [0.1, 0.15) is 10.3 Å². The molecular formula is C13H12BrN7S. The first-order valence-corrected chi connectivity index (χ1v) is 7.18. The van der Waals surface area contributed by atoms with E-state index in [0.29, 0.717) is 15.9 Å². The zero-order valence-electron chi connectivity index (χ0n) is 11.5. The molecule has 112 valence electrons. The second-order valence-electron chi connectivity index (χ2n) is 4.71. The van der Waals surface area contributed by atoms with Crippen LogP contribution in [0.15, 0.2) is 41.5 Å². The summed E-state index contributed by atoms with van der Waals surface area (Å²) in [5.74, 6) is 0. The van der Waals surface area contributed by atoms with Crippen LogP contribution in [0.1, 0.15) is 18.5 Å². The van der Waals surface area contributed by atoms with Crippen LogP contribution >= 0.6 is 29.4 Å². The van der Waals surface area contributed by atoms with Crippen LogP contribution in [0.2, 0.25) is 0 Å². The van der Waals surface area contributed by atoms with E-state index in [-0.39, 0.29) is 19.5 Å². The molecule has 4 heterocycles. The summed E-state index contributed by atoms with van der Waals surface area (Å²) in [5, 5.41) is 8.23. The van der Waals surface area contributed by atoms with Gasteiger partial charge in [0.2, 0.25) is 5.65 Å². The molecule has 0 saturated carbocycles. The number of hydrogen-bond donors (Lipinski definition) is 0. The van der Waals surface area contributed by atoms with Gasteiger partial charge in [-0.15, -0.1) is 5.10 Å². The molecule has 0 aromatic carbocycles. The molecule has 4 aromatic heterocycles. The first-order chi connectivity index (χ1) is 10.2. The predicted molar refractivity (Wildman–Crippen MR) is 90.2 cm³/mol. The Labute approximate surface area is 141 Å². The smallest absolute Gasteiger partial charge is 0.221 e. The SMILES string of the molecule is C[C@@H](c1ccc2nccn2c1)n1nnc2ncc(Br)nc21.S. The minimum absolute atomic E-state index is 0. The van der Waals surface area contributed by atoms with Gasteiger partial charge in [-0.2, -0.15) is 13.5 Å². The Balaban J connectivity index is 0.00000144. The number of halogens is 1. The van der Waals surface area contributed by atoms with Crippen LogP contribution in [0, 0.1) is 0 Å². The quantitative estimate of drug-likeness (QED) is 0.535. The van der Waals surface area contributed by atoms with E-state index in [4.69, 9.17) is 0 Å². The largest absolute Gasteiger partial charge is 0.307 e. The summed E-state index contributed by atoms with van der Waals surface area (Å²) < 4.78 is 4.41. The van der Waals surface area contributed by atoms with Crippen molar-refractivity contribution in [3.63, 3.8) is 0 Å². The molecule has 0 aliphatic rings. The van der Waals surface area contributed by atoms with Crippen molar-refractivity contribution in [1.82, 2.24) is 34.3 Å². The van der Waals surface area contributed by atoms with E-state index < -0.39 is 0 Å². The average Bonchev–Trinajstić information content (AvgIpc) is 3.11. The summed E-state index contributed by atoms with van der Waals surface area (Å²) in [6.45, 7) is 2.05. The van der Waals surface area contributed by atoms with Crippen molar-refractivity contribution in [3.8, 4) is 0 Å². The molecule has 22 heavy (non-hydrogen) atoms. The van der Waals surface area contributed by atoms with E-state index in [1.807, 2.05) is 28.9 Å². The molecule has 0 radical (unpaired) electrons. The standard InChI is InChI=1S/C13H10BrN7.H2S/c1-8(9-2-3-11-15-4-5-20(11)7-9)21-13-12(18-19-21)16-6-10(14)17-13;/h2-8H,1H3;1H2/t8-;/m0./s1. The summed E-state index contributed by atoms with van der Waals surface area (Å²) in [4.78, 5) is 12.9. The van der Waals surface area contributed by atoms with Crippen molar-refractivity contribution in [2.75, 3.05) is 0 Å². The van der Waals surface area contributed by atoms with Crippen LogP contribution in [-0.2, 0) is 0 Å². The van der Waals surface area contributed by atoms with Gasteiger partial charge in [-0.05, 0) is 34.5 Å². The second-order valence-corrected chi connectivity index (χ2v) is 5.52. The second kappa shape index (κ2) is 5.65. The molecular weight excluding hydrogens is 366 g/mol. The molecule has 0 unspecified atom stereocenters. The zero-order valence-corrected chi connectivity index (χ0v) is 14.1. The van der Waals surface area contributed by atoms with Gasteiger partial charge in [-0.25, -0.2) is 19.6 Å². The number of fused-ring (bicyclic) bond motifs is 2. The lowest BCUT2D eigenvalue weighted by molar-refractivity contribution is 0.554. The molecule has 0 spiro atoms. The van der Waals surface area contributed by atoms with Gasteiger partial charge in [-0.3, -0.25) is 0 Å². The molecule has 0 bridgehead atoms. The molecule has 0 N–H and O–H groups in total. The number of rotatable bonds is 2. The minimum atomic E-state index is -0.00889. The summed E-state index contributed by atoms with van der Waals surface area (Å²) in [6, 6.07) is 4.00. The van der Waals surface area contributed by atoms with Crippen LogP contribution < -0.4 is 0 Å². The van der Waals surface area contributed by atoms with Crippen LogP contribution in [0.25, 0.3) is 16.9 Å². The van der Waals surface area contributed by atoms with Crippen molar-refractivity contribution in [1.29, 1.82) is 0 Å². The first kappa shape index (κ1) is 14.9. The maximum atomic E-state index is 4.41. The zero-order chi connectivity index (χ0) is 14.4. The lowest BCUT2D eigenvalue weighted by Crippen LogP contribution is -2.10. The molecule has 9 heteroatoms. The van der Waals surface area contributed by atoms with E-state index in [0.717, 1.165) is 11.2 Å². The molecule has 4 rings (SSSR count). The van der Waals surface area contributed by atoms with Crippen LogP contribution in [-0.4, -0.2) is 34.3 Å². The fourth-order valence-corrected chi connectivity index (χ4v) is 2.57. The highest BCUT2D eigenvalue weighted by Crippen LogP contribution is 2.21. The predicted octanol–water partition coefficient (Wildman–Crippen LogP) is 2.35. The lowest BCUT2D eigenvalue weighted by Gasteiger charge is -2.12. The van der Waals surface area contributed by atoms with E-state index >= 15 is 0 Å². The molecule has 0 amide bonds. The van der Waals surface area contributed by atoms with Crippen LogP contribution in [0.3, 0.4) is 0 Å². The molecule has 0 aliphatic carbocycles. The fraction of sp³-hybridized carbons (Fsp3) is 0.154. The van der Waals surface area contributed by atoms with E-state index in [1.165, 1.54) is 0 Å². The monoisotopic (exact) mass is 377 g/mol.